The Morgan fingerprint density at radius 1 is 1.10 bits per heavy atom. The third-order valence-electron chi connectivity index (χ3n) is 3.22. The molecule has 0 atom stereocenters. The van der Waals surface area contributed by atoms with Crippen molar-refractivity contribution in [2.45, 2.75) is 0 Å². The molecule has 0 fully saturated rings. The maximum absolute atomic E-state index is 12.3. The van der Waals surface area contributed by atoms with Gasteiger partial charge >= 0.3 is 0 Å². The molecule has 5 nitrogen and oxygen atoms in total. The molecule has 0 spiro atoms. The zero-order valence-electron chi connectivity index (χ0n) is 11.1. The summed E-state index contributed by atoms with van der Waals surface area (Å²) in [6.45, 7) is 0. The monoisotopic (exact) mass is 276 g/mol. The van der Waals surface area contributed by atoms with Gasteiger partial charge in [0.15, 0.2) is 0 Å². The first-order valence-electron chi connectivity index (χ1n) is 6.37. The first kappa shape index (κ1) is 12.8. The molecular formula is C16H12N4O. The Balaban J connectivity index is 2.18. The fraction of sp³-hybridized carbons (Fsp3) is 0. The smallest absolute Gasteiger partial charge is 0.295 e. The van der Waals surface area contributed by atoms with Crippen LogP contribution < -0.4 is 11.3 Å². The Labute approximate surface area is 120 Å². The summed E-state index contributed by atoms with van der Waals surface area (Å²) < 4.78 is 1.35. The van der Waals surface area contributed by atoms with E-state index in [2.05, 4.69) is 5.10 Å². The summed E-state index contributed by atoms with van der Waals surface area (Å²) in [4.78, 5) is 12.3. The first-order valence-corrected chi connectivity index (χ1v) is 6.37. The van der Waals surface area contributed by atoms with Crippen LogP contribution in [0.5, 0.6) is 0 Å². The molecule has 2 aromatic carbocycles. The van der Waals surface area contributed by atoms with Crippen LogP contribution in [0.3, 0.4) is 0 Å². The van der Waals surface area contributed by atoms with Gasteiger partial charge in [0, 0.05) is 5.56 Å². The van der Waals surface area contributed by atoms with E-state index >= 15 is 0 Å². The number of benzene rings is 2. The van der Waals surface area contributed by atoms with Gasteiger partial charge in [-0.3, -0.25) is 9.89 Å². The number of anilines is 1. The lowest BCUT2D eigenvalue weighted by Gasteiger charge is -2.02. The van der Waals surface area contributed by atoms with Crippen molar-refractivity contribution in [2.75, 3.05) is 5.73 Å². The number of nitrogens with two attached hydrogens (primary N) is 1. The molecule has 0 radical (unpaired) electrons. The molecule has 0 unspecified atom stereocenters. The van der Waals surface area contributed by atoms with E-state index in [9.17, 15) is 4.79 Å². The Hall–Kier alpha value is -3.26. The molecule has 3 N–H and O–H groups in total. The van der Waals surface area contributed by atoms with Gasteiger partial charge in [-0.05, 0) is 18.2 Å². The molecule has 1 heterocycles. The lowest BCUT2D eigenvalue weighted by atomic mass is 10.1. The van der Waals surface area contributed by atoms with Crippen LogP contribution in [0, 0.1) is 11.3 Å². The van der Waals surface area contributed by atoms with Crippen LogP contribution in [-0.2, 0) is 0 Å². The number of H-pyrrole nitrogens is 1. The summed E-state index contributed by atoms with van der Waals surface area (Å²) in [5, 5.41) is 11.9. The van der Waals surface area contributed by atoms with E-state index < -0.39 is 0 Å². The summed E-state index contributed by atoms with van der Waals surface area (Å²) in [5.41, 5.74) is 8.20. The predicted molar refractivity (Wildman–Crippen MR) is 81.0 cm³/mol. The third-order valence-corrected chi connectivity index (χ3v) is 3.22. The lowest BCUT2D eigenvalue weighted by molar-refractivity contribution is 0.852. The molecule has 0 aliphatic heterocycles. The molecule has 0 aliphatic rings. The number of aromatic amines is 1. The lowest BCUT2D eigenvalue weighted by Crippen LogP contribution is -2.16. The van der Waals surface area contributed by atoms with Gasteiger partial charge in [0.1, 0.15) is 5.69 Å². The molecule has 3 rings (SSSR count). The maximum atomic E-state index is 12.3. The Morgan fingerprint density at radius 2 is 1.86 bits per heavy atom. The highest BCUT2D eigenvalue weighted by molar-refractivity contribution is 5.72. The van der Waals surface area contributed by atoms with Crippen LogP contribution in [0.1, 0.15) is 5.56 Å². The second kappa shape index (κ2) is 5.02. The minimum atomic E-state index is -0.330. The summed E-state index contributed by atoms with van der Waals surface area (Å²) in [5.74, 6) is 0. The van der Waals surface area contributed by atoms with Crippen molar-refractivity contribution in [1.82, 2.24) is 9.78 Å². The van der Waals surface area contributed by atoms with E-state index in [1.165, 1.54) is 4.68 Å². The minimum absolute atomic E-state index is 0.156. The quantitative estimate of drug-likeness (QED) is 0.752. The van der Waals surface area contributed by atoms with Crippen LogP contribution in [0.15, 0.2) is 59.4 Å². The van der Waals surface area contributed by atoms with Crippen LogP contribution >= 0.6 is 0 Å². The molecule has 0 saturated carbocycles. The highest BCUT2D eigenvalue weighted by Gasteiger charge is 2.13. The summed E-state index contributed by atoms with van der Waals surface area (Å²) in [6.07, 6.45) is 0. The molecule has 0 aliphatic carbocycles. The normalized spacial score (nSPS) is 10.2. The van der Waals surface area contributed by atoms with E-state index in [1.807, 2.05) is 36.4 Å². The predicted octanol–water partition coefficient (Wildman–Crippen LogP) is 2.29. The van der Waals surface area contributed by atoms with E-state index in [0.717, 1.165) is 5.56 Å². The molecule has 102 valence electrons. The van der Waals surface area contributed by atoms with Crippen molar-refractivity contribution in [3.63, 3.8) is 0 Å². The minimum Gasteiger partial charge on any atom is -0.392 e. The highest BCUT2D eigenvalue weighted by atomic mass is 16.1. The van der Waals surface area contributed by atoms with E-state index in [0.29, 0.717) is 16.9 Å². The molecule has 0 amide bonds. The summed E-state index contributed by atoms with van der Waals surface area (Å²) >= 11 is 0. The fourth-order valence-corrected chi connectivity index (χ4v) is 2.17. The van der Waals surface area contributed by atoms with Crippen molar-refractivity contribution in [3.05, 3.63) is 70.5 Å². The standard InChI is InChI=1S/C16H12N4O/c17-10-11-5-4-8-13(9-11)20-16(21)14(18)15(19-20)12-6-2-1-3-7-12/h1-9,19H,18H2. The van der Waals surface area contributed by atoms with Crippen LogP contribution in [-0.4, -0.2) is 9.78 Å². The number of nitrogen functional groups attached to an aromatic ring is 1. The number of nitriles is 1. The molecule has 3 aromatic rings. The van der Waals surface area contributed by atoms with Crippen molar-refractivity contribution in [3.8, 4) is 23.0 Å². The highest BCUT2D eigenvalue weighted by Crippen LogP contribution is 2.21. The molecule has 1 aromatic heterocycles. The zero-order valence-corrected chi connectivity index (χ0v) is 11.1. The number of hydrogen-bond acceptors (Lipinski definition) is 3. The second-order valence-corrected chi connectivity index (χ2v) is 4.57. The van der Waals surface area contributed by atoms with Gasteiger partial charge in [-0.2, -0.15) is 5.26 Å². The first-order chi connectivity index (χ1) is 10.2. The van der Waals surface area contributed by atoms with Crippen LogP contribution in [0.25, 0.3) is 16.9 Å². The number of aromatic nitrogens is 2. The Morgan fingerprint density at radius 3 is 2.57 bits per heavy atom. The van der Waals surface area contributed by atoms with Gasteiger partial charge in [0.25, 0.3) is 5.56 Å². The number of hydrogen-bond donors (Lipinski definition) is 2. The van der Waals surface area contributed by atoms with Crippen molar-refractivity contribution in [2.24, 2.45) is 0 Å². The van der Waals surface area contributed by atoms with E-state index in [4.69, 9.17) is 11.0 Å². The second-order valence-electron chi connectivity index (χ2n) is 4.57. The average molecular weight is 276 g/mol. The molecule has 21 heavy (non-hydrogen) atoms. The molecule has 5 heteroatoms. The average Bonchev–Trinajstić information content (AvgIpc) is 2.84. The molecule has 0 bridgehead atoms. The van der Waals surface area contributed by atoms with Gasteiger partial charge in [0.2, 0.25) is 0 Å². The molecular weight excluding hydrogens is 264 g/mol. The number of rotatable bonds is 2. The molecule has 0 saturated heterocycles. The van der Waals surface area contributed by atoms with Gasteiger partial charge in [-0.25, -0.2) is 4.68 Å². The van der Waals surface area contributed by atoms with E-state index in [1.54, 1.807) is 24.3 Å². The zero-order chi connectivity index (χ0) is 14.8. The van der Waals surface area contributed by atoms with Crippen molar-refractivity contribution in [1.29, 1.82) is 5.26 Å². The number of nitrogens with zero attached hydrogens (tertiary/aromatic N) is 2. The fourth-order valence-electron chi connectivity index (χ4n) is 2.17. The topological polar surface area (TPSA) is 87.6 Å². The Kier molecular flexibility index (Phi) is 3.05. The van der Waals surface area contributed by atoms with Gasteiger partial charge < -0.3 is 5.73 Å². The number of nitrogens with one attached hydrogen (secondary N) is 1. The van der Waals surface area contributed by atoms with Gasteiger partial charge in [-0.1, -0.05) is 36.4 Å². The van der Waals surface area contributed by atoms with Crippen molar-refractivity contribution >= 4 is 5.69 Å². The van der Waals surface area contributed by atoms with Crippen LogP contribution in [0.2, 0.25) is 0 Å². The summed E-state index contributed by atoms with van der Waals surface area (Å²) in [6, 6.07) is 18.2. The Bertz CT molecular complexity index is 885. The summed E-state index contributed by atoms with van der Waals surface area (Å²) in [7, 11) is 0. The van der Waals surface area contributed by atoms with Crippen LogP contribution in [0.4, 0.5) is 5.69 Å². The largest absolute Gasteiger partial charge is 0.392 e. The van der Waals surface area contributed by atoms with Gasteiger partial charge in [0.05, 0.1) is 23.0 Å². The van der Waals surface area contributed by atoms with Gasteiger partial charge in [-0.15, -0.1) is 0 Å². The van der Waals surface area contributed by atoms with E-state index in [-0.39, 0.29) is 11.2 Å². The maximum Gasteiger partial charge on any atom is 0.295 e. The van der Waals surface area contributed by atoms with Crippen molar-refractivity contribution < 1.29 is 0 Å². The SMILES string of the molecule is N#Cc1cccc(-n2[nH]c(-c3ccccc3)c(N)c2=O)c1. The third kappa shape index (κ3) is 2.19.